The van der Waals surface area contributed by atoms with Gasteiger partial charge >= 0.3 is 0 Å². The standard InChI is InChI=1S/C36H52Br2N2O2S2Si2/c1-11-15-17-23(13-3)21-39-30-28(37)25(19-20-45(5,6)7)43-32(30)26(34(39)41)27-33-31(29(38)36(44-33)46(8,9)10)40(35(27)42)22-24(14-4)18-16-12-2/h23-24H,11-18,21-22H2,1-10H3/b27-26+. The predicted molar refractivity (Wildman–Crippen MR) is 215 cm³/mol. The molecule has 2 amide bonds. The van der Waals surface area contributed by atoms with E-state index in [9.17, 15) is 9.59 Å². The zero-order valence-electron chi connectivity index (χ0n) is 29.5. The normalized spacial score (nSPS) is 17.8. The molecule has 2 aliphatic rings. The largest absolute Gasteiger partial charge is 0.305 e. The molecule has 2 aliphatic heterocycles. The van der Waals surface area contributed by atoms with Crippen molar-refractivity contribution in [3.8, 4) is 11.5 Å². The first-order chi connectivity index (χ1) is 21.6. The highest BCUT2D eigenvalue weighted by Gasteiger charge is 2.47. The Labute approximate surface area is 305 Å². The van der Waals surface area contributed by atoms with E-state index in [1.807, 2.05) is 9.80 Å². The van der Waals surface area contributed by atoms with Crippen LogP contribution in [0.25, 0.3) is 11.1 Å². The van der Waals surface area contributed by atoms with Crippen molar-refractivity contribution in [2.75, 3.05) is 22.9 Å². The molecule has 4 rings (SSSR count). The van der Waals surface area contributed by atoms with E-state index < -0.39 is 16.1 Å². The summed E-state index contributed by atoms with van der Waals surface area (Å²) < 4.78 is 3.30. The van der Waals surface area contributed by atoms with Gasteiger partial charge in [-0.3, -0.25) is 9.59 Å². The fraction of sp³-hybridized carbons (Fsp3) is 0.611. The first-order valence-electron chi connectivity index (χ1n) is 17.2. The molecule has 0 saturated carbocycles. The zero-order valence-corrected chi connectivity index (χ0v) is 36.3. The highest BCUT2D eigenvalue weighted by Crippen LogP contribution is 2.55. The average Bonchev–Trinajstić information content (AvgIpc) is 3.65. The maximum atomic E-state index is 14.7. The molecule has 0 aromatic carbocycles. The number of amides is 2. The summed E-state index contributed by atoms with van der Waals surface area (Å²) in [5.74, 6) is 4.24. The lowest BCUT2D eigenvalue weighted by Crippen LogP contribution is -2.38. The molecule has 0 spiro atoms. The van der Waals surface area contributed by atoms with Gasteiger partial charge in [-0.2, -0.15) is 0 Å². The van der Waals surface area contributed by atoms with E-state index in [4.69, 9.17) is 0 Å². The van der Waals surface area contributed by atoms with Crippen molar-refractivity contribution < 1.29 is 9.59 Å². The molecule has 46 heavy (non-hydrogen) atoms. The van der Waals surface area contributed by atoms with Gasteiger partial charge in [-0.25, -0.2) is 0 Å². The molecule has 0 radical (unpaired) electrons. The van der Waals surface area contributed by atoms with E-state index >= 15 is 0 Å². The molecular formula is C36H52Br2N2O2S2Si2. The van der Waals surface area contributed by atoms with Crippen LogP contribution in [0.15, 0.2) is 8.95 Å². The lowest BCUT2D eigenvalue weighted by molar-refractivity contribution is -0.114. The third-order valence-corrected chi connectivity index (χ3v) is 18.2. The van der Waals surface area contributed by atoms with Crippen LogP contribution in [0.3, 0.4) is 0 Å². The number of carbonyl (C=O) groups excluding carboxylic acids is 2. The van der Waals surface area contributed by atoms with Gasteiger partial charge in [0.1, 0.15) is 8.07 Å². The Bertz CT molecular complexity index is 1570. The number of unbranched alkanes of at least 4 members (excludes halogenated alkanes) is 2. The number of anilines is 2. The lowest BCUT2D eigenvalue weighted by atomic mass is 9.98. The average molecular weight is 825 g/mol. The third kappa shape index (κ3) is 7.75. The molecule has 0 saturated heterocycles. The first-order valence-corrected chi connectivity index (χ1v) is 27.4. The summed E-state index contributed by atoms with van der Waals surface area (Å²) in [4.78, 5) is 36.3. The molecular weight excluding hydrogens is 773 g/mol. The topological polar surface area (TPSA) is 40.6 Å². The van der Waals surface area contributed by atoms with Crippen molar-refractivity contribution >= 4 is 110 Å². The highest BCUT2D eigenvalue weighted by atomic mass is 79.9. The van der Waals surface area contributed by atoms with E-state index in [-0.39, 0.29) is 11.8 Å². The van der Waals surface area contributed by atoms with Crippen molar-refractivity contribution in [1.29, 1.82) is 0 Å². The van der Waals surface area contributed by atoms with Crippen LogP contribution < -0.4 is 14.3 Å². The predicted octanol–water partition coefficient (Wildman–Crippen LogP) is 11.1. The number of carbonyl (C=O) groups is 2. The summed E-state index contributed by atoms with van der Waals surface area (Å²) >= 11 is 11.2. The van der Waals surface area contributed by atoms with Crippen molar-refractivity contribution in [2.45, 2.75) is 118 Å². The minimum absolute atomic E-state index is 0.0209. The summed E-state index contributed by atoms with van der Waals surface area (Å²) in [6, 6.07) is 0. The van der Waals surface area contributed by atoms with Gasteiger partial charge in [-0.15, -0.1) is 28.2 Å². The minimum atomic E-state index is -1.74. The number of hydrogen-bond acceptors (Lipinski definition) is 4. The maximum absolute atomic E-state index is 14.7. The fourth-order valence-electron chi connectivity index (χ4n) is 6.24. The number of thiophene rings is 2. The molecule has 0 fully saturated rings. The maximum Gasteiger partial charge on any atom is 0.260 e. The summed E-state index contributed by atoms with van der Waals surface area (Å²) in [6.07, 6.45) is 8.82. The van der Waals surface area contributed by atoms with Gasteiger partial charge in [-0.05, 0) is 56.5 Å². The molecule has 2 aromatic rings. The SMILES string of the molecule is CCCCC(CC)CN1C(=O)/C(=C2/C(=O)N(CC(CC)CCCC)c3c2sc([Si](C)(C)C)c3Br)c2sc(C#C[Si](C)(C)C)c(Br)c21. The molecule has 4 heterocycles. The fourth-order valence-corrected chi connectivity index (χ4v) is 14.7. The first kappa shape index (κ1) is 37.8. The van der Waals surface area contributed by atoms with Crippen LogP contribution in [-0.4, -0.2) is 41.1 Å². The Morgan fingerprint density at radius 2 is 1.17 bits per heavy atom. The molecule has 10 heteroatoms. The third-order valence-electron chi connectivity index (χ3n) is 9.02. The second-order valence-electron chi connectivity index (χ2n) is 15.0. The monoisotopic (exact) mass is 822 g/mol. The van der Waals surface area contributed by atoms with Crippen molar-refractivity contribution in [1.82, 2.24) is 0 Å². The summed E-state index contributed by atoms with van der Waals surface area (Å²) in [5.41, 5.74) is 6.62. The van der Waals surface area contributed by atoms with E-state index in [0.717, 1.165) is 86.3 Å². The van der Waals surface area contributed by atoms with Crippen LogP contribution in [-0.2, 0) is 9.59 Å². The molecule has 0 aliphatic carbocycles. The highest BCUT2D eigenvalue weighted by molar-refractivity contribution is 9.11. The molecule has 2 unspecified atom stereocenters. The van der Waals surface area contributed by atoms with Gasteiger partial charge in [0, 0.05) is 17.6 Å². The van der Waals surface area contributed by atoms with Crippen LogP contribution in [0.1, 0.15) is 93.7 Å². The zero-order chi connectivity index (χ0) is 34.1. The van der Waals surface area contributed by atoms with E-state index in [0.29, 0.717) is 36.1 Å². The second-order valence-corrected chi connectivity index (χ2v) is 28.7. The van der Waals surface area contributed by atoms with Crippen LogP contribution in [0, 0.1) is 23.3 Å². The van der Waals surface area contributed by atoms with E-state index in [1.165, 1.54) is 4.50 Å². The van der Waals surface area contributed by atoms with Crippen LogP contribution >= 0.6 is 54.5 Å². The molecule has 0 bridgehead atoms. The number of hydrogen-bond donors (Lipinski definition) is 0. The van der Waals surface area contributed by atoms with Crippen molar-refractivity contribution in [3.63, 3.8) is 0 Å². The van der Waals surface area contributed by atoms with Crippen molar-refractivity contribution in [2.24, 2.45) is 11.8 Å². The number of nitrogens with zero attached hydrogens (tertiary/aromatic N) is 2. The smallest absolute Gasteiger partial charge is 0.260 e. The Balaban J connectivity index is 1.97. The minimum Gasteiger partial charge on any atom is -0.305 e. The summed E-state index contributed by atoms with van der Waals surface area (Å²) in [6.45, 7) is 24.1. The molecule has 4 nitrogen and oxygen atoms in total. The number of rotatable bonds is 13. The Morgan fingerprint density at radius 1 is 0.717 bits per heavy atom. The Morgan fingerprint density at radius 3 is 1.59 bits per heavy atom. The van der Waals surface area contributed by atoms with Gasteiger partial charge in [0.2, 0.25) is 0 Å². The van der Waals surface area contributed by atoms with E-state index in [2.05, 4.69) is 110 Å². The Hall–Kier alpha value is -0.966. The van der Waals surface area contributed by atoms with Crippen molar-refractivity contribution in [3.05, 3.63) is 23.6 Å². The molecule has 2 aromatic heterocycles. The van der Waals surface area contributed by atoms with Crippen LogP contribution in [0.2, 0.25) is 39.3 Å². The van der Waals surface area contributed by atoms with Gasteiger partial charge in [0.25, 0.3) is 11.8 Å². The van der Waals surface area contributed by atoms with Gasteiger partial charge in [-0.1, -0.05) is 111 Å². The van der Waals surface area contributed by atoms with Gasteiger partial charge in [0.15, 0.2) is 0 Å². The van der Waals surface area contributed by atoms with Crippen LogP contribution in [0.4, 0.5) is 11.4 Å². The quantitative estimate of drug-likeness (QED) is 0.115. The Kier molecular flexibility index (Phi) is 12.6. The van der Waals surface area contributed by atoms with Crippen LogP contribution in [0.5, 0.6) is 0 Å². The summed E-state index contributed by atoms with van der Waals surface area (Å²) in [7, 11) is -3.37. The van der Waals surface area contributed by atoms with Gasteiger partial charge < -0.3 is 9.80 Å². The lowest BCUT2D eigenvalue weighted by Gasteiger charge is -2.25. The van der Waals surface area contributed by atoms with Gasteiger partial charge in [0.05, 0.1) is 54.2 Å². The molecule has 0 N–H and O–H groups in total. The summed E-state index contributed by atoms with van der Waals surface area (Å²) in [5, 5.41) is 0. The van der Waals surface area contributed by atoms with E-state index in [1.54, 1.807) is 22.7 Å². The molecule has 252 valence electrons. The number of fused-ring (bicyclic) bond motifs is 2. The molecule has 2 atom stereocenters. The second kappa shape index (κ2) is 15.3. The number of halogens is 2.